The van der Waals surface area contributed by atoms with Gasteiger partial charge in [-0.05, 0) is 110 Å². The Bertz CT molecular complexity index is 540. The molecule has 0 aliphatic heterocycles. The monoisotopic (exact) mass is 388 g/mol. The molecule has 1 heteroatoms. The van der Waals surface area contributed by atoms with Gasteiger partial charge in [0.05, 0.1) is 6.10 Å². The van der Waals surface area contributed by atoms with Gasteiger partial charge < -0.3 is 5.11 Å². The Morgan fingerprint density at radius 1 is 0.821 bits per heavy atom. The number of hydrogen-bond acceptors (Lipinski definition) is 1. The van der Waals surface area contributed by atoms with Gasteiger partial charge in [-0.1, -0.05) is 53.9 Å². The lowest BCUT2D eigenvalue weighted by atomic mass is 9.44. The summed E-state index contributed by atoms with van der Waals surface area (Å²) >= 11 is 0. The highest BCUT2D eigenvalue weighted by Crippen LogP contribution is 2.68. The average Bonchev–Trinajstić information content (AvgIpc) is 2.99. The van der Waals surface area contributed by atoms with Crippen molar-refractivity contribution in [1.82, 2.24) is 0 Å². The van der Waals surface area contributed by atoms with Gasteiger partial charge in [0.2, 0.25) is 0 Å². The molecule has 0 aromatic heterocycles. The predicted octanol–water partition coefficient (Wildman–Crippen LogP) is 7.47. The highest BCUT2D eigenvalue weighted by atomic mass is 16.3. The number of fused-ring (bicyclic) bond motifs is 5. The third-order valence-corrected chi connectivity index (χ3v) is 10.8. The van der Waals surface area contributed by atoms with Crippen LogP contribution in [0, 0.1) is 52.3 Å². The Balaban J connectivity index is 1.46. The first-order chi connectivity index (χ1) is 13.3. The Labute approximate surface area is 175 Å². The van der Waals surface area contributed by atoms with E-state index < -0.39 is 0 Å². The summed E-state index contributed by atoms with van der Waals surface area (Å²) in [5, 5.41) is 10.3. The number of aliphatic hydroxyl groups excluding tert-OH is 1. The number of aliphatic hydroxyl groups is 1. The molecule has 4 fully saturated rings. The molecule has 0 bridgehead atoms. The smallest absolute Gasteiger partial charge is 0.0543 e. The lowest BCUT2D eigenvalue weighted by Crippen LogP contribution is -2.54. The Morgan fingerprint density at radius 2 is 1.54 bits per heavy atom. The van der Waals surface area contributed by atoms with Gasteiger partial charge in [0.15, 0.2) is 0 Å². The maximum Gasteiger partial charge on any atom is 0.0543 e. The van der Waals surface area contributed by atoms with E-state index in [1.54, 1.807) is 0 Å². The normalized spacial score (nSPS) is 49.4. The Morgan fingerprint density at radius 3 is 2.29 bits per heavy atom. The molecule has 0 aromatic rings. The van der Waals surface area contributed by atoms with Crippen LogP contribution in [0.2, 0.25) is 0 Å². The van der Waals surface area contributed by atoms with Crippen molar-refractivity contribution in [3.63, 3.8) is 0 Å². The van der Waals surface area contributed by atoms with E-state index in [2.05, 4.69) is 34.6 Å². The quantitative estimate of drug-likeness (QED) is 0.518. The first-order valence-electron chi connectivity index (χ1n) is 12.9. The molecule has 9 atom stereocenters. The van der Waals surface area contributed by atoms with Crippen LogP contribution >= 0.6 is 0 Å². The highest BCUT2D eigenvalue weighted by Gasteiger charge is 2.60. The number of hydrogen-bond donors (Lipinski definition) is 1. The van der Waals surface area contributed by atoms with Crippen molar-refractivity contribution in [1.29, 1.82) is 0 Å². The largest absolute Gasteiger partial charge is 0.393 e. The first-order valence-corrected chi connectivity index (χ1v) is 12.9. The zero-order chi connectivity index (χ0) is 20.1. The molecule has 1 N–H and O–H groups in total. The van der Waals surface area contributed by atoms with Crippen LogP contribution in [0.4, 0.5) is 0 Å². The second kappa shape index (κ2) is 7.90. The van der Waals surface area contributed by atoms with Crippen LogP contribution in [-0.2, 0) is 0 Å². The summed E-state index contributed by atoms with van der Waals surface area (Å²) in [7, 11) is 0. The van der Waals surface area contributed by atoms with Gasteiger partial charge in [-0.2, -0.15) is 0 Å². The summed E-state index contributed by atoms with van der Waals surface area (Å²) in [6.07, 6.45) is 16.6. The van der Waals surface area contributed by atoms with E-state index in [0.29, 0.717) is 10.8 Å². The fourth-order valence-electron chi connectivity index (χ4n) is 9.26. The van der Waals surface area contributed by atoms with E-state index in [4.69, 9.17) is 0 Å². The van der Waals surface area contributed by atoms with Gasteiger partial charge in [-0.25, -0.2) is 0 Å². The van der Waals surface area contributed by atoms with E-state index in [1.807, 2.05) is 0 Å². The summed E-state index contributed by atoms with van der Waals surface area (Å²) in [6.45, 7) is 12.7. The van der Waals surface area contributed by atoms with Gasteiger partial charge in [0.25, 0.3) is 0 Å². The van der Waals surface area contributed by atoms with Crippen LogP contribution in [0.5, 0.6) is 0 Å². The molecule has 0 unspecified atom stereocenters. The van der Waals surface area contributed by atoms with Crippen LogP contribution in [0.25, 0.3) is 0 Å². The molecule has 4 aliphatic carbocycles. The van der Waals surface area contributed by atoms with E-state index in [1.165, 1.54) is 64.2 Å². The summed E-state index contributed by atoms with van der Waals surface area (Å²) in [4.78, 5) is 0. The van der Waals surface area contributed by atoms with Crippen molar-refractivity contribution in [2.45, 2.75) is 118 Å². The topological polar surface area (TPSA) is 20.2 Å². The van der Waals surface area contributed by atoms with Gasteiger partial charge in [0, 0.05) is 0 Å². The fraction of sp³-hybridized carbons (Fsp3) is 1.00. The van der Waals surface area contributed by atoms with Crippen LogP contribution in [0.3, 0.4) is 0 Å². The lowest BCUT2D eigenvalue weighted by molar-refractivity contribution is -0.129. The summed E-state index contributed by atoms with van der Waals surface area (Å²) < 4.78 is 0. The van der Waals surface area contributed by atoms with Crippen LogP contribution in [-0.4, -0.2) is 11.2 Å². The molecule has 4 aliphatic rings. The van der Waals surface area contributed by atoms with Crippen molar-refractivity contribution in [2.75, 3.05) is 0 Å². The summed E-state index contributed by atoms with van der Waals surface area (Å²) in [5.74, 6) is 6.49. The number of rotatable bonds is 5. The molecular formula is C27H48O. The standard InChI is InChI=1S/C27H48O/c1-18(2)7-6-8-19(3)23-11-12-24-22-10-9-20-17-21(28)13-15-26(20,4)25(22)14-16-27(23,24)5/h18-25,28H,6-17H2,1-5H3/t19-,20-,21-,22+,23+,24-,25+,26-,27+/m0/s1. The van der Waals surface area contributed by atoms with Crippen LogP contribution in [0.15, 0.2) is 0 Å². The third kappa shape index (κ3) is 3.50. The van der Waals surface area contributed by atoms with Gasteiger partial charge in [-0.15, -0.1) is 0 Å². The first kappa shape index (κ1) is 21.2. The predicted molar refractivity (Wildman–Crippen MR) is 119 cm³/mol. The maximum atomic E-state index is 10.3. The molecule has 0 amide bonds. The summed E-state index contributed by atoms with van der Waals surface area (Å²) in [5.41, 5.74) is 1.15. The highest BCUT2D eigenvalue weighted by molar-refractivity contribution is 5.09. The van der Waals surface area contributed by atoms with E-state index in [-0.39, 0.29) is 6.10 Å². The van der Waals surface area contributed by atoms with Gasteiger partial charge in [-0.3, -0.25) is 0 Å². The molecule has 28 heavy (non-hydrogen) atoms. The molecule has 0 spiro atoms. The SMILES string of the molecule is CC(C)CCC[C@H](C)[C@H]1CC[C@H]2[C@H]3CC[C@H]4C[C@@H](O)CC[C@]4(C)[C@@H]3CC[C@]12C. The molecule has 1 nitrogen and oxygen atoms in total. The van der Waals surface area contributed by atoms with E-state index in [0.717, 1.165) is 54.3 Å². The maximum absolute atomic E-state index is 10.3. The molecule has 4 saturated carbocycles. The molecular weight excluding hydrogens is 340 g/mol. The van der Waals surface area contributed by atoms with Crippen molar-refractivity contribution in [3.8, 4) is 0 Å². The van der Waals surface area contributed by atoms with Gasteiger partial charge in [0.1, 0.15) is 0 Å². The third-order valence-electron chi connectivity index (χ3n) is 10.8. The second-order valence-electron chi connectivity index (χ2n) is 12.6. The minimum atomic E-state index is -0.00830. The van der Waals surface area contributed by atoms with Gasteiger partial charge >= 0.3 is 0 Å². The summed E-state index contributed by atoms with van der Waals surface area (Å²) in [6, 6.07) is 0. The van der Waals surface area contributed by atoms with Crippen LogP contribution in [0.1, 0.15) is 112 Å². The van der Waals surface area contributed by atoms with Crippen molar-refractivity contribution >= 4 is 0 Å². The van der Waals surface area contributed by atoms with Crippen molar-refractivity contribution in [3.05, 3.63) is 0 Å². The second-order valence-corrected chi connectivity index (χ2v) is 12.6. The van der Waals surface area contributed by atoms with Crippen LogP contribution < -0.4 is 0 Å². The zero-order valence-electron chi connectivity index (χ0n) is 19.6. The molecule has 0 heterocycles. The average molecular weight is 389 g/mol. The molecule has 0 radical (unpaired) electrons. The minimum Gasteiger partial charge on any atom is -0.393 e. The van der Waals surface area contributed by atoms with E-state index >= 15 is 0 Å². The molecule has 0 saturated heterocycles. The zero-order valence-corrected chi connectivity index (χ0v) is 19.6. The fourth-order valence-corrected chi connectivity index (χ4v) is 9.26. The van der Waals surface area contributed by atoms with Crippen molar-refractivity contribution in [2.24, 2.45) is 52.3 Å². The minimum absolute atomic E-state index is 0.00830. The Hall–Kier alpha value is -0.0400. The Kier molecular flexibility index (Phi) is 5.98. The molecule has 162 valence electrons. The van der Waals surface area contributed by atoms with Crippen molar-refractivity contribution < 1.29 is 5.11 Å². The van der Waals surface area contributed by atoms with E-state index in [9.17, 15) is 5.11 Å². The lowest BCUT2D eigenvalue weighted by Gasteiger charge is -2.61. The molecule has 4 rings (SSSR count). The molecule has 0 aromatic carbocycles.